The summed E-state index contributed by atoms with van der Waals surface area (Å²) < 4.78 is 13.1. The number of nitrogens with zero attached hydrogens (tertiary/aromatic N) is 2. The summed E-state index contributed by atoms with van der Waals surface area (Å²) in [5, 5.41) is 3.76. The van der Waals surface area contributed by atoms with Gasteiger partial charge in [-0.25, -0.2) is 4.39 Å². The van der Waals surface area contributed by atoms with E-state index < -0.39 is 0 Å². The molecule has 0 bridgehead atoms. The third-order valence-electron chi connectivity index (χ3n) is 6.14. The molecule has 1 amide bonds. The van der Waals surface area contributed by atoms with Gasteiger partial charge in [-0.1, -0.05) is 30.3 Å². The van der Waals surface area contributed by atoms with Gasteiger partial charge in [0.15, 0.2) is 0 Å². The summed E-state index contributed by atoms with van der Waals surface area (Å²) in [5.41, 5.74) is 3.27. The Morgan fingerprint density at radius 2 is 1.79 bits per heavy atom. The highest BCUT2D eigenvalue weighted by Crippen LogP contribution is 2.35. The fourth-order valence-corrected chi connectivity index (χ4v) is 4.38. The van der Waals surface area contributed by atoms with Crippen molar-refractivity contribution in [2.45, 2.75) is 44.8 Å². The Balaban J connectivity index is 1.50. The lowest BCUT2D eigenvalue weighted by atomic mass is 9.82. The molecule has 1 saturated heterocycles. The highest BCUT2D eigenvalue weighted by molar-refractivity contribution is 5.79. The molecule has 2 aromatic rings. The van der Waals surface area contributed by atoms with E-state index in [9.17, 15) is 9.18 Å². The van der Waals surface area contributed by atoms with Crippen LogP contribution in [0.1, 0.15) is 37.3 Å². The highest BCUT2D eigenvalue weighted by Gasteiger charge is 2.39. The maximum absolute atomic E-state index is 13.1. The average molecular weight is 381 g/mol. The van der Waals surface area contributed by atoms with Crippen molar-refractivity contribution in [1.29, 1.82) is 0 Å². The molecule has 148 valence electrons. The van der Waals surface area contributed by atoms with E-state index in [4.69, 9.17) is 0 Å². The van der Waals surface area contributed by atoms with E-state index in [1.807, 2.05) is 30.0 Å². The molecule has 4 rings (SSSR count). The first-order valence-electron chi connectivity index (χ1n) is 10.2. The molecule has 2 aliphatic heterocycles. The number of anilines is 1. The summed E-state index contributed by atoms with van der Waals surface area (Å²) in [5.74, 6) is 0.0363. The van der Waals surface area contributed by atoms with Gasteiger partial charge < -0.3 is 10.2 Å². The number of halogens is 1. The van der Waals surface area contributed by atoms with Crippen LogP contribution in [0.3, 0.4) is 0 Å². The van der Waals surface area contributed by atoms with Crippen molar-refractivity contribution in [3.63, 3.8) is 0 Å². The number of benzene rings is 2. The molecule has 1 fully saturated rings. The van der Waals surface area contributed by atoms with Crippen molar-refractivity contribution < 1.29 is 9.18 Å². The molecule has 0 saturated carbocycles. The molecule has 0 radical (unpaired) electrons. The molecule has 2 heterocycles. The number of hydrogen-bond acceptors (Lipinski definition) is 3. The van der Waals surface area contributed by atoms with Crippen LogP contribution in [0.15, 0.2) is 48.5 Å². The number of amides is 1. The summed E-state index contributed by atoms with van der Waals surface area (Å²) in [6.45, 7) is 6.12. The van der Waals surface area contributed by atoms with Crippen LogP contribution in [0, 0.1) is 5.82 Å². The minimum atomic E-state index is -0.197. The van der Waals surface area contributed by atoms with E-state index in [2.05, 4.69) is 28.4 Å². The third-order valence-corrected chi connectivity index (χ3v) is 6.14. The van der Waals surface area contributed by atoms with E-state index in [-0.39, 0.29) is 17.3 Å². The molecule has 0 atom stereocenters. The van der Waals surface area contributed by atoms with Gasteiger partial charge in [-0.2, -0.15) is 0 Å². The Kier molecular flexibility index (Phi) is 5.36. The smallest absolute Gasteiger partial charge is 0.225 e. The Morgan fingerprint density at radius 1 is 1.07 bits per heavy atom. The van der Waals surface area contributed by atoms with Gasteiger partial charge >= 0.3 is 0 Å². The first-order chi connectivity index (χ1) is 13.6. The predicted octanol–water partition coefficient (Wildman–Crippen LogP) is 4.02. The van der Waals surface area contributed by atoms with Crippen LogP contribution in [0.4, 0.5) is 10.1 Å². The van der Waals surface area contributed by atoms with E-state index in [1.54, 1.807) is 0 Å². The lowest BCUT2D eigenvalue weighted by Crippen LogP contribution is -2.53. The van der Waals surface area contributed by atoms with Crippen molar-refractivity contribution >= 4 is 11.6 Å². The maximum Gasteiger partial charge on any atom is 0.225 e. The molecule has 5 heteroatoms. The molecule has 0 unspecified atom stereocenters. The summed E-state index contributed by atoms with van der Waals surface area (Å²) in [6.07, 6.45) is 2.39. The van der Waals surface area contributed by atoms with E-state index in [0.29, 0.717) is 13.0 Å². The van der Waals surface area contributed by atoms with E-state index in [1.165, 1.54) is 17.7 Å². The molecule has 0 aromatic heterocycles. The number of nitrogens with one attached hydrogen (secondary N) is 1. The van der Waals surface area contributed by atoms with Gasteiger partial charge in [0.1, 0.15) is 5.82 Å². The topological polar surface area (TPSA) is 35.6 Å². The third kappa shape index (κ3) is 4.04. The highest BCUT2D eigenvalue weighted by atomic mass is 19.1. The standard InChI is InChI=1S/C23H28FN3O/c1-2-27-17-19-5-3-4-6-21(19)25-23(15-22(27)28)11-13-26(14-12-23)16-18-7-9-20(24)10-8-18/h3-10,25H,2,11-17H2,1H3. The second-order valence-corrected chi connectivity index (χ2v) is 8.05. The lowest BCUT2D eigenvalue weighted by molar-refractivity contribution is -0.133. The fourth-order valence-electron chi connectivity index (χ4n) is 4.38. The van der Waals surface area contributed by atoms with Gasteiger partial charge in [-0.15, -0.1) is 0 Å². The normalized spacial score (nSPS) is 19.6. The van der Waals surface area contributed by atoms with E-state index >= 15 is 0 Å². The molecule has 4 nitrogen and oxygen atoms in total. The van der Waals surface area contributed by atoms with Gasteiger partial charge in [-0.3, -0.25) is 9.69 Å². The number of para-hydroxylation sites is 1. The van der Waals surface area contributed by atoms with Gasteiger partial charge in [0.2, 0.25) is 5.91 Å². The van der Waals surface area contributed by atoms with Gasteiger partial charge in [0, 0.05) is 50.4 Å². The number of rotatable bonds is 3. The minimum absolute atomic E-state index is 0.194. The summed E-state index contributed by atoms with van der Waals surface area (Å²) >= 11 is 0. The number of fused-ring (bicyclic) bond motifs is 1. The number of carbonyl (C=O) groups excluding carboxylic acids is 1. The molecular weight excluding hydrogens is 353 g/mol. The largest absolute Gasteiger partial charge is 0.379 e. The number of carbonyl (C=O) groups is 1. The molecule has 1 N–H and O–H groups in total. The SMILES string of the molecule is CCN1Cc2ccccc2NC2(CCN(Cc3ccc(F)cc3)CC2)CC1=O. The van der Waals surface area contributed by atoms with Crippen LogP contribution < -0.4 is 5.32 Å². The molecule has 2 aromatic carbocycles. The molecule has 1 spiro atoms. The van der Waals surface area contributed by atoms with Crippen molar-refractivity contribution in [3.05, 3.63) is 65.5 Å². The summed E-state index contributed by atoms with van der Waals surface area (Å²) in [6, 6.07) is 15.1. The predicted molar refractivity (Wildman–Crippen MR) is 109 cm³/mol. The van der Waals surface area contributed by atoms with Crippen LogP contribution in [0.5, 0.6) is 0 Å². The average Bonchev–Trinajstić information content (AvgIpc) is 2.69. The maximum atomic E-state index is 13.1. The first-order valence-corrected chi connectivity index (χ1v) is 10.2. The Morgan fingerprint density at radius 3 is 2.50 bits per heavy atom. The Labute approximate surface area is 166 Å². The van der Waals surface area contributed by atoms with Gasteiger partial charge in [0.05, 0.1) is 0 Å². The zero-order valence-corrected chi connectivity index (χ0v) is 16.5. The zero-order chi connectivity index (χ0) is 19.6. The Hall–Kier alpha value is -2.40. The minimum Gasteiger partial charge on any atom is -0.379 e. The quantitative estimate of drug-likeness (QED) is 0.872. The summed E-state index contributed by atoms with van der Waals surface area (Å²) in [4.78, 5) is 17.3. The van der Waals surface area contributed by atoms with Crippen molar-refractivity contribution in [2.75, 3.05) is 25.0 Å². The lowest BCUT2D eigenvalue weighted by Gasteiger charge is -2.45. The number of piperidine rings is 1. The molecular formula is C23H28FN3O. The van der Waals surface area contributed by atoms with Crippen LogP contribution in [0.2, 0.25) is 0 Å². The zero-order valence-electron chi connectivity index (χ0n) is 16.5. The second-order valence-electron chi connectivity index (χ2n) is 8.05. The number of hydrogen-bond donors (Lipinski definition) is 1. The van der Waals surface area contributed by atoms with Gasteiger partial charge in [-0.05, 0) is 49.1 Å². The fraction of sp³-hybridized carbons (Fsp3) is 0.435. The van der Waals surface area contributed by atoms with Crippen LogP contribution >= 0.6 is 0 Å². The van der Waals surface area contributed by atoms with Crippen LogP contribution in [-0.2, 0) is 17.9 Å². The first kappa shape index (κ1) is 18.9. The summed E-state index contributed by atoms with van der Waals surface area (Å²) in [7, 11) is 0. The van der Waals surface area contributed by atoms with Crippen molar-refractivity contribution in [1.82, 2.24) is 9.80 Å². The monoisotopic (exact) mass is 381 g/mol. The molecule has 0 aliphatic carbocycles. The molecule has 28 heavy (non-hydrogen) atoms. The van der Waals surface area contributed by atoms with Crippen LogP contribution in [0.25, 0.3) is 0 Å². The second kappa shape index (κ2) is 7.92. The number of likely N-dealkylation sites (tertiary alicyclic amines) is 1. The van der Waals surface area contributed by atoms with Gasteiger partial charge in [0.25, 0.3) is 0 Å². The Bertz CT molecular complexity index is 828. The van der Waals surface area contributed by atoms with Crippen molar-refractivity contribution in [2.24, 2.45) is 0 Å². The van der Waals surface area contributed by atoms with Crippen LogP contribution in [-0.4, -0.2) is 40.9 Å². The molecule has 2 aliphatic rings. The van der Waals surface area contributed by atoms with E-state index in [0.717, 1.165) is 50.3 Å². The van der Waals surface area contributed by atoms with Crippen molar-refractivity contribution in [3.8, 4) is 0 Å².